The van der Waals surface area contributed by atoms with Crippen LogP contribution in [0.4, 0.5) is 13.2 Å². The van der Waals surface area contributed by atoms with E-state index in [1.165, 1.54) is 12.1 Å². The largest absolute Gasteiger partial charge is 0.534 e. The first kappa shape index (κ1) is 21.2. The number of rotatable bonds is 3. The van der Waals surface area contributed by atoms with Crippen LogP contribution in [0.2, 0.25) is 0 Å². The molecule has 11 heteroatoms. The number of hydrogen-bond acceptors (Lipinski definition) is 6. The number of alkyl halides is 3. The van der Waals surface area contributed by atoms with Gasteiger partial charge >= 0.3 is 15.6 Å². The molecule has 0 saturated heterocycles. The second kappa shape index (κ2) is 8.49. The van der Waals surface area contributed by atoms with Crippen LogP contribution in [0.3, 0.4) is 0 Å². The van der Waals surface area contributed by atoms with Gasteiger partial charge in [0.25, 0.3) is 0 Å². The van der Waals surface area contributed by atoms with Gasteiger partial charge in [0.1, 0.15) is 5.75 Å². The average Bonchev–Trinajstić information content (AvgIpc) is 3.14. The van der Waals surface area contributed by atoms with Gasteiger partial charge in [-0.3, -0.25) is 14.6 Å². The predicted octanol–water partition coefficient (Wildman–Crippen LogP) is 3.95. The fourth-order valence-electron chi connectivity index (χ4n) is 2.38. The Morgan fingerprint density at radius 1 is 1.00 bits per heavy atom. The first-order valence-electron chi connectivity index (χ1n) is 8.40. The Labute approximate surface area is 169 Å². The van der Waals surface area contributed by atoms with Crippen LogP contribution >= 0.6 is 0 Å². The molecule has 0 saturated carbocycles. The normalized spacial score (nSPS) is 11.6. The van der Waals surface area contributed by atoms with Gasteiger partial charge in [-0.15, -0.1) is 0 Å². The van der Waals surface area contributed by atoms with Crippen LogP contribution in [0.15, 0.2) is 73.4 Å². The SMILES string of the molecule is Cn1cc(-c2cnc3ccc(OS(=O)(=O)C(F)(F)F)cc3c2)cn1.c1ccncc1. The molecule has 1 aromatic carbocycles. The second-order valence-electron chi connectivity index (χ2n) is 5.99. The third kappa shape index (κ3) is 5.11. The quantitative estimate of drug-likeness (QED) is 0.357. The molecule has 156 valence electrons. The molecule has 0 radical (unpaired) electrons. The molecule has 0 bridgehead atoms. The van der Waals surface area contributed by atoms with Gasteiger partial charge in [-0.1, -0.05) is 6.07 Å². The minimum atomic E-state index is -5.71. The van der Waals surface area contributed by atoms with Gasteiger partial charge in [0.15, 0.2) is 0 Å². The summed E-state index contributed by atoms with van der Waals surface area (Å²) in [5.41, 5.74) is -3.55. The molecular formula is C19H15F3N4O3S. The van der Waals surface area contributed by atoms with Crippen molar-refractivity contribution in [3.8, 4) is 16.9 Å². The molecule has 7 nitrogen and oxygen atoms in total. The third-order valence-corrected chi connectivity index (χ3v) is 4.73. The zero-order valence-electron chi connectivity index (χ0n) is 15.5. The van der Waals surface area contributed by atoms with Crippen molar-refractivity contribution in [2.45, 2.75) is 5.51 Å². The molecule has 0 atom stereocenters. The van der Waals surface area contributed by atoms with Gasteiger partial charge in [0, 0.05) is 48.3 Å². The highest BCUT2D eigenvalue weighted by Gasteiger charge is 2.48. The summed E-state index contributed by atoms with van der Waals surface area (Å²) in [4.78, 5) is 7.97. The predicted molar refractivity (Wildman–Crippen MR) is 104 cm³/mol. The van der Waals surface area contributed by atoms with E-state index in [-0.39, 0.29) is 0 Å². The summed E-state index contributed by atoms with van der Waals surface area (Å²) in [6.45, 7) is 0. The van der Waals surface area contributed by atoms with Crippen molar-refractivity contribution in [3.05, 3.63) is 73.4 Å². The molecule has 0 amide bonds. The minimum Gasteiger partial charge on any atom is -0.376 e. The summed E-state index contributed by atoms with van der Waals surface area (Å²) in [7, 11) is -3.97. The number of benzene rings is 1. The zero-order valence-corrected chi connectivity index (χ0v) is 16.3. The Bertz CT molecular complexity index is 1220. The number of hydrogen-bond donors (Lipinski definition) is 0. The first-order chi connectivity index (χ1) is 14.2. The number of halogens is 3. The van der Waals surface area contributed by atoms with Crippen LogP contribution < -0.4 is 4.18 Å². The molecule has 0 fully saturated rings. The topological polar surface area (TPSA) is 87.0 Å². The number of aryl methyl sites for hydroxylation is 1. The summed E-state index contributed by atoms with van der Waals surface area (Å²) in [6.07, 6.45) is 8.45. The Hall–Kier alpha value is -3.47. The van der Waals surface area contributed by atoms with Crippen LogP contribution in [0.5, 0.6) is 5.75 Å². The Morgan fingerprint density at radius 3 is 2.27 bits per heavy atom. The van der Waals surface area contributed by atoms with Crippen molar-refractivity contribution >= 4 is 21.0 Å². The smallest absolute Gasteiger partial charge is 0.376 e. The van der Waals surface area contributed by atoms with E-state index in [1.807, 2.05) is 18.2 Å². The molecule has 3 aromatic heterocycles. The number of pyridine rings is 2. The van der Waals surface area contributed by atoms with Crippen molar-refractivity contribution in [3.63, 3.8) is 0 Å². The molecule has 0 aliphatic rings. The molecule has 0 aliphatic heterocycles. The van der Waals surface area contributed by atoms with Gasteiger partial charge < -0.3 is 4.18 Å². The maximum Gasteiger partial charge on any atom is 0.534 e. The molecule has 0 aliphatic carbocycles. The van der Waals surface area contributed by atoms with E-state index in [9.17, 15) is 21.6 Å². The fraction of sp³-hybridized carbons (Fsp3) is 0.105. The molecule has 3 heterocycles. The Morgan fingerprint density at radius 2 is 1.73 bits per heavy atom. The van der Waals surface area contributed by atoms with Crippen molar-refractivity contribution in [1.29, 1.82) is 0 Å². The lowest BCUT2D eigenvalue weighted by atomic mass is 10.1. The summed E-state index contributed by atoms with van der Waals surface area (Å²) in [5, 5.41) is 4.46. The lowest BCUT2D eigenvalue weighted by Crippen LogP contribution is -2.28. The molecule has 0 unspecified atom stereocenters. The molecule has 4 rings (SSSR count). The highest BCUT2D eigenvalue weighted by Crippen LogP contribution is 2.29. The Kier molecular flexibility index (Phi) is 6.01. The van der Waals surface area contributed by atoms with Crippen LogP contribution in [0.25, 0.3) is 22.0 Å². The minimum absolute atomic E-state index is 0.436. The first-order valence-corrected chi connectivity index (χ1v) is 9.81. The second-order valence-corrected chi connectivity index (χ2v) is 7.53. The summed E-state index contributed by atoms with van der Waals surface area (Å²) in [5.74, 6) is -0.440. The molecular weight excluding hydrogens is 421 g/mol. The van der Waals surface area contributed by atoms with Crippen molar-refractivity contribution < 1.29 is 25.8 Å². The highest BCUT2D eigenvalue weighted by molar-refractivity contribution is 7.88. The maximum atomic E-state index is 12.4. The monoisotopic (exact) mass is 436 g/mol. The number of nitrogens with zero attached hydrogens (tertiary/aromatic N) is 4. The van der Waals surface area contributed by atoms with E-state index in [4.69, 9.17) is 0 Å². The standard InChI is InChI=1S/C14H10F3N3O3S.C5H5N/c1-20-8-11(7-19-20)10-4-9-5-12(2-3-13(9)18-6-10)23-24(21,22)14(15,16)17;1-2-4-6-5-3-1/h2-8H,1H3;1-5H. The van der Waals surface area contributed by atoms with Gasteiger partial charge in [0.2, 0.25) is 0 Å². The molecule has 30 heavy (non-hydrogen) atoms. The van der Waals surface area contributed by atoms with Gasteiger partial charge in [-0.2, -0.15) is 26.7 Å². The van der Waals surface area contributed by atoms with E-state index < -0.39 is 21.4 Å². The lowest BCUT2D eigenvalue weighted by Gasteiger charge is -2.10. The van der Waals surface area contributed by atoms with Crippen LogP contribution in [0.1, 0.15) is 0 Å². The van der Waals surface area contributed by atoms with Crippen LogP contribution in [-0.2, 0) is 17.2 Å². The van der Waals surface area contributed by atoms with E-state index in [1.54, 1.807) is 48.8 Å². The highest BCUT2D eigenvalue weighted by atomic mass is 32.2. The molecule has 0 N–H and O–H groups in total. The van der Waals surface area contributed by atoms with E-state index in [0.717, 1.165) is 11.6 Å². The Balaban J connectivity index is 0.000000367. The zero-order chi connectivity index (χ0) is 21.8. The van der Waals surface area contributed by atoms with Crippen molar-refractivity contribution in [2.24, 2.45) is 7.05 Å². The van der Waals surface area contributed by atoms with Crippen LogP contribution in [-0.4, -0.2) is 33.7 Å². The number of fused-ring (bicyclic) bond motifs is 1. The van der Waals surface area contributed by atoms with Crippen molar-refractivity contribution in [1.82, 2.24) is 19.7 Å². The van der Waals surface area contributed by atoms with Gasteiger partial charge in [-0.05, 0) is 36.4 Å². The molecule has 4 aromatic rings. The summed E-state index contributed by atoms with van der Waals surface area (Å²) in [6, 6.07) is 11.1. The molecule has 0 spiro atoms. The van der Waals surface area contributed by atoms with Crippen molar-refractivity contribution in [2.75, 3.05) is 0 Å². The summed E-state index contributed by atoms with van der Waals surface area (Å²) < 4.78 is 65.0. The fourth-order valence-corrected chi connectivity index (χ4v) is 2.83. The lowest BCUT2D eigenvalue weighted by molar-refractivity contribution is -0.0500. The summed E-state index contributed by atoms with van der Waals surface area (Å²) >= 11 is 0. The van der Waals surface area contributed by atoms with Gasteiger partial charge in [0.05, 0.1) is 11.7 Å². The number of aromatic nitrogens is 4. The van der Waals surface area contributed by atoms with E-state index in [0.29, 0.717) is 16.5 Å². The van der Waals surface area contributed by atoms with E-state index in [2.05, 4.69) is 19.2 Å². The third-order valence-electron chi connectivity index (χ3n) is 3.75. The van der Waals surface area contributed by atoms with Gasteiger partial charge in [-0.25, -0.2) is 0 Å². The van der Waals surface area contributed by atoms with Crippen LogP contribution in [0, 0.1) is 0 Å². The van der Waals surface area contributed by atoms with E-state index >= 15 is 0 Å². The average molecular weight is 436 g/mol. The maximum absolute atomic E-state index is 12.4.